The molecule has 0 aromatic heterocycles. The van der Waals surface area contributed by atoms with Crippen molar-refractivity contribution in [1.29, 1.82) is 0 Å². The molecule has 3 heteroatoms. The van der Waals surface area contributed by atoms with E-state index in [-0.39, 0.29) is 29.0 Å². The maximum absolute atomic E-state index is 14.2. The smallest absolute Gasteiger partial charge is 0.163 e. The van der Waals surface area contributed by atoms with Gasteiger partial charge in [0.25, 0.3) is 0 Å². The fourth-order valence-corrected chi connectivity index (χ4v) is 7.94. The molecule has 3 aliphatic carbocycles. The molecular weight excluding hydrogens is 408 g/mol. The van der Waals surface area contributed by atoms with Crippen molar-refractivity contribution < 1.29 is 15.0 Å². The van der Waals surface area contributed by atoms with Gasteiger partial charge in [0.05, 0.1) is 12.2 Å². The standard InChI is InChI=1S/C30H42O3/c1-9-28(7)16-24(31)29(8)20(5)10-11-30(21(6)27(28)33)15-22(25(32)26(29)30)14-23-18(3)12-17(2)13-19(23)4/h9,12-14,20-21,24,26-27,31,33H,1,10-11,15-16H2,2-8H3/b22-14+/t20-,21+,24-,26+,27+,28-,29+,30+/m1/s1. The van der Waals surface area contributed by atoms with Crippen LogP contribution in [0.3, 0.4) is 0 Å². The molecule has 0 heterocycles. The number of rotatable bonds is 2. The Kier molecular flexibility index (Phi) is 5.86. The second-order valence-electron chi connectivity index (χ2n) is 12.2. The first-order valence-corrected chi connectivity index (χ1v) is 12.6. The number of ketones is 1. The van der Waals surface area contributed by atoms with Crippen LogP contribution in [0.5, 0.6) is 0 Å². The molecule has 0 radical (unpaired) electrons. The summed E-state index contributed by atoms with van der Waals surface area (Å²) in [5.74, 6) is 0.0666. The molecule has 3 nitrogen and oxygen atoms in total. The molecule has 2 N–H and O–H groups in total. The number of carbonyl (C=O) groups is 1. The summed E-state index contributed by atoms with van der Waals surface area (Å²) in [5, 5.41) is 23.2. The first-order valence-electron chi connectivity index (χ1n) is 12.6. The zero-order valence-electron chi connectivity index (χ0n) is 21.5. The Morgan fingerprint density at radius 2 is 1.70 bits per heavy atom. The second-order valence-corrected chi connectivity index (χ2v) is 12.2. The second kappa shape index (κ2) is 7.92. The van der Waals surface area contributed by atoms with Gasteiger partial charge in [-0.25, -0.2) is 0 Å². The van der Waals surface area contributed by atoms with Gasteiger partial charge in [-0.1, -0.05) is 51.5 Å². The summed E-state index contributed by atoms with van der Waals surface area (Å²) in [6.45, 7) is 18.8. The van der Waals surface area contributed by atoms with Crippen LogP contribution < -0.4 is 0 Å². The first kappa shape index (κ1) is 24.4. The molecule has 4 rings (SSSR count). The van der Waals surface area contributed by atoms with Crippen LogP contribution in [-0.4, -0.2) is 28.2 Å². The molecule has 3 fully saturated rings. The van der Waals surface area contributed by atoms with Crippen LogP contribution >= 0.6 is 0 Å². The predicted molar refractivity (Wildman–Crippen MR) is 135 cm³/mol. The third-order valence-corrected chi connectivity index (χ3v) is 10.3. The fourth-order valence-electron chi connectivity index (χ4n) is 7.94. The number of Topliss-reactive ketones (excluding diaryl/α,β-unsaturated/α-hetero) is 1. The number of hydrogen-bond acceptors (Lipinski definition) is 3. The molecule has 1 aromatic rings. The van der Waals surface area contributed by atoms with Crippen LogP contribution in [0.1, 0.15) is 75.6 Å². The Hall–Kier alpha value is -1.71. The van der Waals surface area contributed by atoms with Crippen molar-refractivity contribution in [2.45, 2.75) is 86.4 Å². The first-order chi connectivity index (χ1) is 15.3. The summed E-state index contributed by atoms with van der Waals surface area (Å²) in [7, 11) is 0. The lowest BCUT2D eigenvalue weighted by atomic mass is 9.44. The average Bonchev–Trinajstić information content (AvgIpc) is 3.04. The summed E-state index contributed by atoms with van der Waals surface area (Å²) in [6, 6.07) is 4.35. The van der Waals surface area contributed by atoms with Crippen LogP contribution in [0.4, 0.5) is 0 Å². The normalized spacial score (nSPS) is 44.3. The lowest BCUT2D eigenvalue weighted by Crippen LogP contribution is -2.62. The topological polar surface area (TPSA) is 57.5 Å². The number of aryl methyl sites for hydroxylation is 3. The van der Waals surface area contributed by atoms with E-state index < -0.39 is 23.0 Å². The highest BCUT2D eigenvalue weighted by Gasteiger charge is 2.68. The highest BCUT2D eigenvalue weighted by atomic mass is 16.3. The molecule has 3 aliphatic rings. The van der Waals surface area contributed by atoms with E-state index in [0.717, 1.165) is 24.0 Å². The highest BCUT2D eigenvalue weighted by molar-refractivity contribution is 6.05. The zero-order chi connectivity index (χ0) is 24.5. The molecule has 3 saturated carbocycles. The number of benzene rings is 1. The molecule has 33 heavy (non-hydrogen) atoms. The molecular formula is C30H42O3. The zero-order valence-corrected chi connectivity index (χ0v) is 21.5. The van der Waals surface area contributed by atoms with E-state index in [1.807, 2.05) is 13.0 Å². The van der Waals surface area contributed by atoms with Gasteiger partial charge in [-0.15, -0.1) is 6.58 Å². The van der Waals surface area contributed by atoms with E-state index in [1.54, 1.807) is 0 Å². The number of allylic oxidation sites excluding steroid dienone is 1. The Labute approximate surface area is 200 Å². The molecule has 0 saturated heterocycles. The third-order valence-electron chi connectivity index (χ3n) is 10.3. The average molecular weight is 451 g/mol. The predicted octanol–water partition coefficient (Wildman–Crippen LogP) is 5.96. The largest absolute Gasteiger partial charge is 0.392 e. The molecule has 180 valence electrons. The third kappa shape index (κ3) is 3.33. The number of carbonyl (C=O) groups excluding carboxylic acids is 1. The Balaban J connectivity index is 1.92. The minimum atomic E-state index is -0.673. The van der Waals surface area contributed by atoms with Crippen molar-refractivity contribution in [2.24, 2.45) is 34.0 Å². The molecule has 8 atom stereocenters. The lowest BCUT2D eigenvalue weighted by molar-refractivity contribution is -0.191. The minimum Gasteiger partial charge on any atom is -0.392 e. The van der Waals surface area contributed by atoms with Gasteiger partial charge in [0.2, 0.25) is 0 Å². The SMILES string of the molecule is C=C[C@]1(C)C[C@@H](O)[C@]2(C)[C@H](C)CC[C@]3(C/C(=C\c4c(C)cc(C)cc4C)C(=O)[C@H]32)[C@@H](C)[C@@H]1O. The van der Waals surface area contributed by atoms with Crippen molar-refractivity contribution in [2.75, 3.05) is 0 Å². The van der Waals surface area contributed by atoms with Gasteiger partial charge in [0, 0.05) is 16.7 Å². The Morgan fingerprint density at radius 1 is 1.09 bits per heavy atom. The molecule has 0 aliphatic heterocycles. The maximum atomic E-state index is 14.2. The van der Waals surface area contributed by atoms with Gasteiger partial charge in [-0.3, -0.25) is 4.79 Å². The fraction of sp³-hybridized carbons (Fsp3) is 0.633. The van der Waals surface area contributed by atoms with Crippen LogP contribution in [0.2, 0.25) is 0 Å². The molecule has 0 spiro atoms. The summed E-state index contributed by atoms with van der Waals surface area (Å²) < 4.78 is 0. The maximum Gasteiger partial charge on any atom is 0.163 e. The molecule has 1 aromatic carbocycles. The van der Waals surface area contributed by atoms with Crippen molar-refractivity contribution in [3.05, 3.63) is 52.6 Å². The van der Waals surface area contributed by atoms with E-state index in [2.05, 4.69) is 66.3 Å². The van der Waals surface area contributed by atoms with Gasteiger partial charge in [0.1, 0.15) is 0 Å². The number of aliphatic hydroxyl groups excluding tert-OH is 2. The number of aliphatic hydroxyl groups is 2. The van der Waals surface area contributed by atoms with Gasteiger partial charge in [-0.2, -0.15) is 0 Å². The van der Waals surface area contributed by atoms with Crippen LogP contribution in [-0.2, 0) is 4.79 Å². The van der Waals surface area contributed by atoms with Crippen LogP contribution in [0, 0.1) is 54.8 Å². The summed E-state index contributed by atoms with van der Waals surface area (Å²) >= 11 is 0. The molecule has 2 bridgehead atoms. The van der Waals surface area contributed by atoms with E-state index in [4.69, 9.17) is 0 Å². The van der Waals surface area contributed by atoms with Gasteiger partial charge < -0.3 is 10.2 Å². The van der Waals surface area contributed by atoms with E-state index in [9.17, 15) is 15.0 Å². The summed E-state index contributed by atoms with van der Waals surface area (Å²) in [6.07, 6.45) is 5.59. The van der Waals surface area contributed by atoms with E-state index >= 15 is 0 Å². The lowest BCUT2D eigenvalue weighted by Gasteiger charge is -2.61. The van der Waals surface area contributed by atoms with Gasteiger partial charge in [-0.05, 0) is 92.0 Å². The Bertz CT molecular complexity index is 998. The molecule has 0 unspecified atom stereocenters. The Morgan fingerprint density at radius 3 is 2.27 bits per heavy atom. The summed E-state index contributed by atoms with van der Waals surface area (Å²) in [4.78, 5) is 14.2. The monoisotopic (exact) mass is 450 g/mol. The van der Waals surface area contributed by atoms with Crippen LogP contribution in [0.15, 0.2) is 30.4 Å². The van der Waals surface area contributed by atoms with Crippen molar-refractivity contribution >= 4 is 11.9 Å². The van der Waals surface area contributed by atoms with Gasteiger partial charge >= 0.3 is 0 Å². The van der Waals surface area contributed by atoms with Crippen molar-refractivity contribution in [3.63, 3.8) is 0 Å². The quantitative estimate of drug-likeness (QED) is 0.432. The number of hydrogen-bond donors (Lipinski definition) is 2. The van der Waals surface area contributed by atoms with Crippen LogP contribution in [0.25, 0.3) is 6.08 Å². The van der Waals surface area contributed by atoms with Crippen molar-refractivity contribution in [3.8, 4) is 0 Å². The minimum absolute atomic E-state index is 0.0695. The van der Waals surface area contributed by atoms with E-state index in [1.165, 1.54) is 16.7 Å². The van der Waals surface area contributed by atoms with Gasteiger partial charge in [0.15, 0.2) is 5.78 Å². The molecule has 0 amide bonds. The van der Waals surface area contributed by atoms with E-state index in [0.29, 0.717) is 12.8 Å². The highest BCUT2D eigenvalue weighted by Crippen LogP contribution is 2.68. The van der Waals surface area contributed by atoms with Crippen molar-refractivity contribution in [1.82, 2.24) is 0 Å². The summed E-state index contributed by atoms with van der Waals surface area (Å²) in [5.41, 5.74) is 4.13.